The molecule has 2 aromatic rings. The van der Waals surface area contributed by atoms with Crippen molar-refractivity contribution in [3.8, 4) is 0 Å². The normalized spacial score (nSPS) is 10.2. The molecule has 0 saturated carbocycles. The number of hydrogen-bond acceptors (Lipinski definition) is 3. The van der Waals surface area contributed by atoms with Crippen LogP contribution in [0.3, 0.4) is 0 Å². The number of H-pyrrole nitrogens is 1. The highest BCUT2D eigenvalue weighted by atomic mass is 16.2. The SMILES string of the molecule is CNCc1cccc(NC(=O)c2ccc[nH]c2=O)c1. The summed E-state index contributed by atoms with van der Waals surface area (Å²) in [5.74, 6) is -0.413. The number of nitrogens with one attached hydrogen (secondary N) is 3. The first kappa shape index (κ1) is 13.0. The molecular formula is C14H15N3O2. The highest BCUT2D eigenvalue weighted by molar-refractivity contribution is 6.03. The van der Waals surface area contributed by atoms with E-state index in [1.54, 1.807) is 12.1 Å². The summed E-state index contributed by atoms with van der Waals surface area (Å²) >= 11 is 0. The van der Waals surface area contributed by atoms with Gasteiger partial charge in [0, 0.05) is 18.4 Å². The van der Waals surface area contributed by atoms with Gasteiger partial charge in [-0.05, 0) is 36.9 Å². The predicted molar refractivity (Wildman–Crippen MR) is 74.2 cm³/mol. The van der Waals surface area contributed by atoms with Crippen LogP contribution in [-0.4, -0.2) is 17.9 Å². The molecular weight excluding hydrogens is 242 g/mol. The molecule has 0 unspecified atom stereocenters. The number of amides is 1. The van der Waals surface area contributed by atoms with Crippen LogP contribution in [0.25, 0.3) is 0 Å². The molecule has 0 aliphatic rings. The Balaban J connectivity index is 2.17. The minimum Gasteiger partial charge on any atom is -0.328 e. The molecule has 5 heteroatoms. The molecule has 0 radical (unpaired) electrons. The van der Waals surface area contributed by atoms with Crippen LogP contribution in [0.2, 0.25) is 0 Å². The van der Waals surface area contributed by atoms with E-state index >= 15 is 0 Å². The molecule has 5 nitrogen and oxygen atoms in total. The second-order valence-corrected chi connectivity index (χ2v) is 4.10. The number of benzene rings is 1. The van der Waals surface area contributed by atoms with Crippen LogP contribution in [0.5, 0.6) is 0 Å². The first-order chi connectivity index (χ1) is 9.20. The van der Waals surface area contributed by atoms with Crippen LogP contribution in [0.1, 0.15) is 15.9 Å². The van der Waals surface area contributed by atoms with Crippen molar-refractivity contribution in [3.05, 3.63) is 64.1 Å². The third kappa shape index (κ3) is 3.29. The first-order valence-electron chi connectivity index (χ1n) is 5.93. The molecule has 0 spiro atoms. The Kier molecular flexibility index (Phi) is 4.10. The third-order valence-electron chi connectivity index (χ3n) is 2.63. The molecule has 0 aliphatic carbocycles. The van der Waals surface area contributed by atoms with Gasteiger partial charge in [-0.2, -0.15) is 0 Å². The Morgan fingerprint density at radius 2 is 2.11 bits per heavy atom. The maximum absolute atomic E-state index is 12.0. The van der Waals surface area contributed by atoms with Gasteiger partial charge in [-0.3, -0.25) is 9.59 Å². The van der Waals surface area contributed by atoms with Crippen molar-refractivity contribution >= 4 is 11.6 Å². The van der Waals surface area contributed by atoms with Gasteiger partial charge >= 0.3 is 0 Å². The fourth-order valence-corrected chi connectivity index (χ4v) is 1.76. The van der Waals surface area contributed by atoms with E-state index in [0.717, 1.165) is 12.1 Å². The van der Waals surface area contributed by atoms with Gasteiger partial charge in [0.05, 0.1) is 0 Å². The van der Waals surface area contributed by atoms with Crippen molar-refractivity contribution in [1.82, 2.24) is 10.3 Å². The topological polar surface area (TPSA) is 74.0 Å². The van der Waals surface area contributed by atoms with Crippen LogP contribution in [0.4, 0.5) is 5.69 Å². The lowest BCUT2D eigenvalue weighted by atomic mass is 10.2. The van der Waals surface area contributed by atoms with Crippen LogP contribution in [0.15, 0.2) is 47.4 Å². The number of rotatable bonds is 4. The lowest BCUT2D eigenvalue weighted by Gasteiger charge is -2.06. The molecule has 0 atom stereocenters. The molecule has 19 heavy (non-hydrogen) atoms. The fourth-order valence-electron chi connectivity index (χ4n) is 1.76. The van der Waals surface area contributed by atoms with Crippen molar-refractivity contribution in [3.63, 3.8) is 0 Å². The summed E-state index contributed by atoms with van der Waals surface area (Å²) in [5, 5.41) is 5.75. The molecule has 0 bridgehead atoms. The average molecular weight is 257 g/mol. The quantitative estimate of drug-likeness (QED) is 0.774. The molecule has 0 saturated heterocycles. The third-order valence-corrected chi connectivity index (χ3v) is 2.63. The zero-order chi connectivity index (χ0) is 13.7. The summed E-state index contributed by atoms with van der Waals surface area (Å²) in [7, 11) is 1.86. The van der Waals surface area contributed by atoms with Crippen LogP contribution >= 0.6 is 0 Å². The van der Waals surface area contributed by atoms with Gasteiger partial charge in [0.25, 0.3) is 11.5 Å². The van der Waals surface area contributed by atoms with E-state index in [0.29, 0.717) is 5.69 Å². The van der Waals surface area contributed by atoms with Crippen molar-refractivity contribution in [2.24, 2.45) is 0 Å². The van der Waals surface area contributed by atoms with Crippen LogP contribution in [0, 0.1) is 0 Å². The minimum atomic E-state index is -0.413. The molecule has 0 aliphatic heterocycles. The monoisotopic (exact) mass is 257 g/mol. The van der Waals surface area contributed by atoms with Crippen molar-refractivity contribution in [1.29, 1.82) is 0 Å². The van der Waals surface area contributed by atoms with Gasteiger partial charge in [0.2, 0.25) is 0 Å². The van der Waals surface area contributed by atoms with E-state index in [-0.39, 0.29) is 5.56 Å². The maximum Gasteiger partial charge on any atom is 0.261 e. The molecule has 98 valence electrons. The molecule has 1 heterocycles. The second kappa shape index (κ2) is 5.97. The molecule has 0 fully saturated rings. The van der Waals surface area contributed by atoms with E-state index in [1.807, 2.05) is 25.2 Å². The standard InChI is InChI=1S/C14H15N3O2/c1-15-9-10-4-2-5-11(8-10)17-14(19)12-6-3-7-16-13(12)18/h2-8,15H,9H2,1H3,(H,16,18)(H,17,19). The average Bonchev–Trinajstić information content (AvgIpc) is 2.40. The van der Waals surface area contributed by atoms with E-state index < -0.39 is 11.5 Å². The van der Waals surface area contributed by atoms with Crippen LogP contribution < -0.4 is 16.2 Å². The number of pyridine rings is 1. The maximum atomic E-state index is 12.0. The van der Waals surface area contributed by atoms with E-state index in [9.17, 15) is 9.59 Å². The summed E-state index contributed by atoms with van der Waals surface area (Å²) < 4.78 is 0. The Morgan fingerprint density at radius 1 is 1.26 bits per heavy atom. The Hall–Kier alpha value is -2.40. The predicted octanol–water partition coefficient (Wildman–Crippen LogP) is 1.35. The lowest BCUT2D eigenvalue weighted by Crippen LogP contribution is -2.22. The Bertz CT molecular complexity index is 634. The van der Waals surface area contributed by atoms with E-state index in [4.69, 9.17) is 0 Å². The van der Waals surface area contributed by atoms with Crippen molar-refractivity contribution < 1.29 is 4.79 Å². The summed E-state index contributed by atoms with van der Waals surface area (Å²) in [6.45, 7) is 0.718. The summed E-state index contributed by atoms with van der Waals surface area (Å²) in [4.78, 5) is 25.9. The molecule has 1 amide bonds. The number of carbonyl (C=O) groups excluding carboxylic acids is 1. The van der Waals surface area contributed by atoms with Gasteiger partial charge in [-0.15, -0.1) is 0 Å². The zero-order valence-corrected chi connectivity index (χ0v) is 10.6. The molecule has 1 aromatic heterocycles. The molecule has 3 N–H and O–H groups in total. The van der Waals surface area contributed by atoms with Gasteiger partial charge < -0.3 is 15.6 Å². The van der Waals surface area contributed by atoms with Crippen molar-refractivity contribution in [2.75, 3.05) is 12.4 Å². The summed E-state index contributed by atoms with van der Waals surface area (Å²) in [6.07, 6.45) is 1.49. The smallest absolute Gasteiger partial charge is 0.261 e. The number of hydrogen-bond donors (Lipinski definition) is 3. The molecule has 2 rings (SSSR count). The highest BCUT2D eigenvalue weighted by Gasteiger charge is 2.09. The van der Waals surface area contributed by atoms with E-state index in [2.05, 4.69) is 15.6 Å². The fraction of sp³-hybridized carbons (Fsp3) is 0.143. The largest absolute Gasteiger partial charge is 0.328 e. The van der Waals surface area contributed by atoms with Gasteiger partial charge in [0.1, 0.15) is 5.56 Å². The summed E-state index contributed by atoms with van der Waals surface area (Å²) in [5.41, 5.74) is 1.43. The Morgan fingerprint density at radius 3 is 2.84 bits per heavy atom. The van der Waals surface area contributed by atoms with Crippen molar-refractivity contribution in [2.45, 2.75) is 6.54 Å². The highest BCUT2D eigenvalue weighted by Crippen LogP contribution is 2.11. The summed E-state index contributed by atoms with van der Waals surface area (Å²) in [6, 6.07) is 10.6. The lowest BCUT2D eigenvalue weighted by molar-refractivity contribution is 0.102. The van der Waals surface area contributed by atoms with Crippen LogP contribution in [-0.2, 0) is 6.54 Å². The van der Waals surface area contributed by atoms with Gasteiger partial charge in [-0.1, -0.05) is 12.1 Å². The first-order valence-corrected chi connectivity index (χ1v) is 5.93. The van der Waals surface area contributed by atoms with Gasteiger partial charge in [-0.25, -0.2) is 0 Å². The number of carbonyl (C=O) groups is 1. The number of aromatic nitrogens is 1. The zero-order valence-electron chi connectivity index (χ0n) is 10.6. The Labute approximate surface area is 110 Å². The molecule has 1 aromatic carbocycles. The van der Waals surface area contributed by atoms with Gasteiger partial charge in [0.15, 0.2) is 0 Å². The second-order valence-electron chi connectivity index (χ2n) is 4.10. The minimum absolute atomic E-state index is 0.0986. The number of anilines is 1. The number of aromatic amines is 1. The van der Waals surface area contributed by atoms with E-state index in [1.165, 1.54) is 12.3 Å².